The first-order valence-electron chi connectivity index (χ1n) is 9.89. The maximum Gasteiger partial charge on any atom is 0.261 e. The van der Waals surface area contributed by atoms with Crippen LogP contribution in [0.15, 0.2) is 16.8 Å². The lowest BCUT2D eigenvalue weighted by atomic mass is 9.97. The molecule has 2 aromatic heterocycles. The number of nitrogens with one attached hydrogen (secondary N) is 3. The van der Waals surface area contributed by atoms with Crippen LogP contribution in [0, 0.1) is 0 Å². The number of hydrogen-bond acceptors (Lipinski definition) is 8. The van der Waals surface area contributed by atoms with E-state index in [1.807, 2.05) is 13.8 Å². The Labute approximate surface area is 169 Å². The zero-order valence-electron chi connectivity index (χ0n) is 16.5. The van der Waals surface area contributed by atoms with E-state index in [0.717, 1.165) is 6.42 Å². The number of carbonyl (C=O) groups excluding carboxylic acids is 1. The average Bonchev–Trinajstić information content (AvgIpc) is 3.11. The number of hydrogen-bond donors (Lipinski definition) is 3. The third-order valence-electron chi connectivity index (χ3n) is 4.40. The molecule has 0 aromatic carbocycles. The fraction of sp³-hybridized carbons (Fsp3) is 0.611. The number of amides is 1. The van der Waals surface area contributed by atoms with Crippen molar-refractivity contribution in [2.75, 3.05) is 36.0 Å². The number of anilines is 2. The number of aromatic nitrogens is 5. The third kappa shape index (κ3) is 5.34. The van der Waals surface area contributed by atoms with E-state index in [0.29, 0.717) is 42.5 Å². The summed E-state index contributed by atoms with van der Waals surface area (Å²) in [4.78, 5) is 21.0. The van der Waals surface area contributed by atoms with Gasteiger partial charge in [-0.1, -0.05) is 23.4 Å². The molecule has 0 radical (unpaired) electrons. The molecule has 0 atom stereocenters. The molecule has 0 aliphatic heterocycles. The Bertz CT molecular complexity index is 834. The predicted molar refractivity (Wildman–Crippen MR) is 112 cm³/mol. The Morgan fingerprint density at radius 2 is 2.04 bits per heavy atom. The van der Waals surface area contributed by atoms with Crippen molar-refractivity contribution in [3.05, 3.63) is 11.6 Å². The van der Waals surface area contributed by atoms with Crippen LogP contribution in [-0.2, 0) is 4.79 Å². The monoisotopic (exact) mass is 404 g/mol. The van der Waals surface area contributed by atoms with E-state index >= 15 is 0 Å². The van der Waals surface area contributed by atoms with Gasteiger partial charge in [0.25, 0.3) is 5.78 Å². The fourth-order valence-electron chi connectivity index (χ4n) is 3.07. The number of carbonyl (C=O) groups is 1. The van der Waals surface area contributed by atoms with Crippen LogP contribution in [0.1, 0.15) is 46.0 Å². The molecule has 9 nitrogen and oxygen atoms in total. The van der Waals surface area contributed by atoms with E-state index in [4.69, 9.17) is 0 Å². The number of rotatable bonds is 10. The Hall–Kier alpha value is -2.36. The minimum absolute atomic E-state index is 0.00616. The molecule has 0 spiro atoms. The van der Waals surface area contributed by atoms with Crippen LogP contribution >= 0.6 is 11.8 Å². The van der Waals surface area contributed by atoms with Crippen molar-refractivity contribution < 1.29 is 4.79 Å². The van der Waals surface area contributed by atoms with E-state index in [1.54, 1.807) is 4.40 Å². The standard InChI is InChI=1S/C18H28N8OS/c1-3-19-15-22-16(20-4-2)26-17(23-15)24-25-18(26)28-12-14(27)21-11-10-13-8-6-5-7-9-13/h8H,3-7,9-12H2,1-2H3,(H,21,27)(H2,19,20,22,23,24). The van der Waals surface area contributed by atoms with Crippen LogP contribution in [0.5, 0.6) is 0 Å². The summed E-state index contributed by atoms with van der Waals surface area (Å²) < 4.78 is 1.75. The maximum absolute atomic E-state index is 12.2. The van der Waals surface area contributed by atoms with Gasteiger partial charge in [0, 0.05) is 19.6 Å². The summed E-state index contributed by atoms with van der Waals surface area (Å²) in [5.74, 6) is 1.84. The van der Waals surface area contributed by atoms with Gasteiger partial charge in [-0.3, -0.25) is 4.79 Å². The Kier molecular flexibility index (Phi) is 7.46. The number of thioether (sulfide) groups is 1. The van der Waals surface area contributed by atoms with Crippen molar-refractivity contribution in [2.24, 2.45) is 0 Å². The summed E-state index contributed by atoms with van der Waals surface area (Å²) in [5.41, 5.74) is 1.46. The molecule has 28 heavy (non-hydrogen) atoms. The smallest absolute Gasteiger partial charge is 0.261 e. The van der Waals surface area contributed by atoms with Gasteiger partial charge < -0.3 is 16.0 Å². The molecule has 1 aliphatic carbocycles. The number of allylic oxidation sites excluding steroid dienone is 1. The van der Waals surface area contributed by atoms with Gasteiger partial charge in [-0.05, 0) is 46.0 Å². The summed E-state index contributed by atoms with van der Waals surface area (Å²) in [6.45, 7) is 6.08. The normalized spacial score (nSPS) is 14.0. The highest BCUT2D eigenvalue weighted by molar-refractivity contribution is 7.99. The topological polar surface area (TPSA) is 109 Å². The largest absolute Gasteiger partial charge is 0.355 e. The second-order valence-electron chi connectivity index (χ2n) is 6.55. The molecule has 2 aromatic rings. The van der Waals surface area contributed by atoms with Crippen molar-refractivity contribution in [3.8, 4) is 0 Å². The molecular formula is C18H28N8OS. The molecular weight excluding hydrogens is 376 g/mol. The molecule has 3 rings (SSSR count). The van der Waals surface area contributed by atoms with E-state index in [-0.39, 0.29) is 11.7 Å². The molecule has 0 fully saturated rings. The molecule has 10 heteroatoms. The summed E-state index contributed by atoms with van der Waals surface area (Å²) >= 11 is 1.33. The van der Waals surface area contributed by atoms with Gasteiger partial charge in [0.05, 0.1) is 5.75 Å². The van der Waals surface area contributed by atoms with Crippen molar-refractivity contribution >= 4 is 35.3 Å². The summed E-state index contributed by atoms with van der Waals surface area (Å²) in [6.07, 6.45) is 8.14. The molecule has 152 valence electrons. The molecule has 3 N–H and O–H groups in total. The second kappa shape index (κ2) is 10.3. The van der Waals surface area contributed by atoms with Gasteiger partial charge in [-0.25, -0.2) is 4.40 Å². The van der Waals surface area contributed by atoms with Gasteiger partial charge in [-0.15, -0.1) is 10.2 Å². The summed E-state index contributed by atoms with van der Waals surface area (Å²) in [7, 11) is 0. The Balaban J connectivity index is 1.58. The first-order valence-corrected chi connectivity index (χ1v) is 10.9. The number of fused-ring (bicyclic) bond motifs is 1. The maximum atomic E-state index is 12.2. The van der Waals surface area contributed by atoms with Crippen LogP contribution < -0.4 is 16.0 Å². The highest BCUT2D eigenvalue weighted by Crippen LogP contribution is 2.21. The van der Waals surface area contributed by atoms with Crippen LogP contribution in [0.2, 0.25) is 0 Å². The van der Waals surface area contributed by atoms with Crippen LogP contribution in [-0.4, -0.2) is 55.9 Å². The fourth-order valence-corrected chi connectivity index (χ4v) is 3.83. The highest BCUT2D eigenvalue weighted by atomic mass is 32.2. The zero-order valence-corrected chi connectivity index (χ0v) is 17.3. The molecule has 0 bridgehead atoms. The Morgan fingerprint density at radius 1 is 1.18 bits per heavy atom. The predicted octanol–water partition coefficient (Wildman–Crippen LogP) is 2.48. The van der Waals surface area contributed by atoms with Gasteiger partial charge >= 0.3 is 0 Å². The highest BCUT2D eigenvalue weighted by Gasteiger charge is 2.15. The van der Waals surface area contributed by atoms with E-state index in [2.05, 4.69) is 42.2 Å². The van der Waals surface area contributed by atoms with E-state index in [9.17, 15) is 4.79 Å². The van der Waals surface area contributed by atoms with Crippen molar-refractivity contribution in [1.82, 2.24) is 29.9 Å². The van der Waals surface area contributed by atoms with Crippen molar-refractivity contribution in [3.63, 3.8) is 0 Å². The lowest BCUT2D eigenvalue weighted by Crippen LogP contribution is -2.26. The van der Waals surface area contributed by atoms with E-state index in [1.165, 1.54) is 43.0 Å². The van der Waals surface area contributed by atoms with Gasteiger partial charge in [0.15, 0.2) is 5.16 Å². The van der Waals surface area contributed by atoms with Gasteiger partial charge in [-0.2, -0.15) is 9.97 Å². The first-order chi connectivity index (χ1) is 13.7. The van der Waals surface area contributed by atoms with Gasteiger partial charge in [0.2, 0.25) is 17.8 Å². The lowest BCUT2D eigenvalue weighted by molar-refractivity contribution is -0.118. The number of nitrogens with zero attached hydrogens (tertiary/aromatic N) is 5. The SMILES string of the molecule is CCNc1nc(NCC)n2c(SCC(=O)NCCC3=CCCCC3)nnc2n1. The lowest BCUT2D eigenvalue weighted by Gasteiger charge is -2.13. The van der Waals surface area contributed by atoms with Crippen LogP contribution in [0.25, 0.3) is 5.78 Å². The second-order valence-corrected chi connectivity index (χ2v) is 7.49. The minimum Gasteiger partial charge on any atom is -0.355 e. The molecule has 1 amide bonds. The van der Waals surface area contributed by atoms with Crippen molar-refractivity contribution in [2.45, 2.75) is 51.1 Å². The first kappa shape index (κ1) is 20.4. The summed E-state index contributed by atoms with van der Waals surface area (Å²) in [6, 6.07) is 0. The zero-order chi connectivity index (χ0) is 19.8. The van der Waals surface area contributed by atoms with E-state index < -0.39 is 0 Å². The average molecular weight is 405 g/mol. The van der Waals surface area contributed by atoms with Gasteiger partial charge in [0.1, 0.15) is 0 Å². The molecule has 0 saturated carbocycles. The molecule has 0 unspecified atom stereocenters. The third-order valence-corrected chi connectivity index (χ3v) is 5.33. The quantitative estimate of drug-likeness (QED) is 0.409. The van der Waals surface area contributed by atoms with Crippen LogP contribution in [0.4, 0.5) is 11.9 Å². The minimum atomic E-state index is -0.00616. The summed E-state index contributed by atoms with van der Waals surface area (Å²) in [5, 5.41) is 18.2. The molecule has 0 saturated heterocycles. The Morgan fingerprint density at radius 3 is 2.79 bits per heavy atom. The van der Waals surface area contributed by atoms with Crippen LogP contribution in [0.3, 0.4) is 0 Å². The molecule has 1 aliphatic rings. The molecule has 2 heterocycles. The van der Waals surface area contributed by atoms with Crippen molar-refractivity contribution in [1.29, 1.82) is 0 Å².